The molecule has 20 heavy (non-hydrogen) atoms. The molecule has 0 N–H and O–H groups in total. The van der Waals surface area contributed by atoms with Crippen LogP contribution in [0.4, 0.5) is 8.78 Å². The van der Waals surface area contributed by atoms with Crippen LogP contribution in [0.25, 0.3) is 0 Å². The average Bonchev–Trinajstić information content (AvgIpc) is 2.41. The lowest BCUT2D eigenvalue weighted by molar-refractivity contribution is -0.0498. The van der Waals surface area contributed by atoms with Crippen LogP contribution in [0.15, 0.2) is 54.6 Å². The highest BCUT2D eigenvalue weighted by atomic mass is 19.3. The van der Waals surface area contributed by atoms with E-state index in [-0.39, 0.29) is 5.75 Å². The maximum atomic E-state index is 12.0. The van der Waals surface area contributed by atoms with Crippen LogP contribution in [0.3, 0.4) is 0 Å². The maximum absolute atomic E-state index is 12.0. The molecule has 0 saturated carbocycles. The van der Waals surface area contributed by atoms with Crippen molar-refractivity contribution in [3.63, 3.8) is 0 Å². The third-order valence-corrected chi connectivity index (χ3v) is 2.90. The summed E-state index contributed by atoms with van der Waals surface area (Å²) in [4.78, 5) is 2.16. The highest BCUT2D eigenvalue weighted by Crippen LogP contribution is 2.16. The molecule has 2 aromatic rings. The van der Waals surface area contributed by atoms with Crippen LogP contribution < -0.4 is 4.74 Å². The van der Waals surface area contributed by atoms with Crippen LogP contribution in [0.1, 0.15) is 11.1 Å². The second kappa shape index (κ2) is 7.01. The van der Waals surface area contributed by atoms with Gasteiger partial charge < -0.3 is 4.74 Å². The third-order valence-electron chi connectivity index (χ3n) is 2.90. The molecule has 2 aromatic carbocycles. The van der Waals surface area contributed by atoms with Gasteiger partial charge in [0.25, 0.3) is 0 Å². The minimum absolute atomic E-state index is 0.189. The average molecular weight is 277 g/mol. The summed E-state index contributed by atoms with van der Waals surface area (Å²) in [5, 5.41) is 0. The molecule has 0 bridgehead atoms. The van der Waals surface area contributed by atoms with Crippen molar-refractivity contribution in [3.05, 3.63) is 65.7 Å². The van der Waals surface area contributed by atoms with E-state index in [0.29, 0.717) is 0 Å². The Bertz CT molecular complexity index is 514. The molecule has 4 heteroatoms. The topological polar surface area (TPSA) is 12.5 Å². The van der Waals surface area contributed by atoms with Gasteiger partial charge in [-0.15, -0.1) is 0 Å². The second-order valence-corrected chi connectivity index (χ2v) is 4.68. The number of alkyl halides is 2. The summed E-state index contributed by atoms with van der Waals surface area (Å²) in [6.45, 7) is -1.18. The van der Waals surface area contributed by atoms with Gasteiger partial charge in [0.05, 0.1) is 0 Å². The van der Waals surface area contributed by atoms with Gasteiger partial charge in [-0.1, -0.05) is 42.5 Å². The van der Waals surface area contributed by atoms with Crippen LogP contribution in [0.2, 0.25) is 0 Å². The number of hydrogen-bond donors (Lipinski definition) is 0. The molecule has 0 spiro atoms. The Morgan fingerprint density at radius 3 is 2.00 bits per heavy atom. The molecular formula is C16H17F2NO. The van der Waals surface area contributed by atoms with E-state index >= 15 is 0 Å². The molecule has 2 nitrogen and oxygen atoms in total. The van der Waals surface area contributed by atoms with Gasteiger partial charge in [0, 0.05) is 13.1 Å². The molecule has 0 saturated heterocycles. The molecule has 0 aliphatic heterocycles. The van der Waals surface area contributed by atoms with Crippen molar-refractivity contribution in [2.45, 2.75) is 19.7 Å². The Morgan fingerprint density at radius 2 is 1.45 bits per heavy atom. The lowest BCUT2D eigenvalue weighted by Crippen LogP contribution is -2.17. The zero-order chi connectivity index (χ0) is 14.4. The van der Waals surface area contributed by atoms with Crippen LogP contribution in [0.5, 0.6) is 5.75 Å². The van der Waals surface area contributed by atoms with E-state index in [4.69, 9.17) is 0 Å². The molecule has 0 radical (unpaired) electrons. The van der Waals surface area contributed by atoms with E-state index in [1.165, 1.54) is 5.56 Å². The normalized spacial score (nSPS) is 11.1. The summed E-state index contributed by atoms with van der Waals surface area (Å²) in [6.07, 6.45) is 0. The van der Waals surface area contributed by atoms with E-state index < -0.39 is 6.61 Å². The van der Waals surface area contributed by atoms with Gasteiger partial charge in [-0.3, -0.25) is 4.90 Å². The van der Waals surface area contributed by atoms with Crippen molar-refractivity contribution in [1.29, 1.82) is 0 Å². The molecule has 0 atom stereocenters. The number of benzene rings is 2. The fourth-order valence-electron chi connectivity index (χ4n) is 2.04. The number of hydrogen-bond acceptors (Lipinski definition) is 2. The van der Waals surface area contributed by atoms with Gasteiger partial charge in [0.1, 0.15) is 5.75 Å². The molecule has 2 rings (SSSR count). The van der Waals surface area contributed by atoms with E-state index in [2.05, 4.69) is 21.8 Å². The number of nitrogens with zero attached hydrogens (tertiary/aromatic N) is 1. The first kappa shape index (κ1) is 14.5. The lowest BCUT2D eigenvalue weighted by atomic mass is 10.2. The number of ether oxygens (including phenoxy) is 1. The monoisotopic (exact) mass is 277 g/mol. The van der Waals surface area contributed by atoms with Crippen LogP contribution in [-0.2, 0) is 13.1 Å². The summed E-state index contributed by atoms with van der Waals surface area (Å²) >= 11 is 0. The van der Waals surface area contributed by atoms with Crippen LogP contribution in [-0.4, -0.2) is 18.6 Å². The van der Waals surface area contributed by atoms with Gasteiger partial charge in [-0.05, 0) is 30.3 Å². The van der Waals surface area contributed by atoms with Gasteiger partial charge in [-0.25, -0.2) is 0 Å². The van der Waals surface area contributed by atoms with Crippen LogP contribution in [0, 0.1) is 0 Å². The summed E-state index contributed by atoms with van der Waals surface area (Å²) in [5.74, 6) is 0.189. The first-order valence-corrected chi connectivity index (χ1v) is 6.40. The Hall–Kier alpha value is -1.94. The Kier molecular flexibility index (Phi) is 5.07. The predicted molar refractivity (Wildman–Crippen MR) is 74.7 cm³/mol. The molecule has 0 heterocycles. The molecule has 0 amide bonds. The zero-order valence-electron chi connectivity index (χ0n) is 11.3. The number of rotatable bonds is 6. The fraction of sp³-hybridized carbons (Fsp3) is 0.250. The standard InChI is InChI=1S/C16H17F2NO/c1-19(11-13-5-3-2-4-6-13)12-14-7-9-15(10-8-14)20-16(17)18/h2-10,16H,11-12H2,1H3. The largest absolute Gasteiger partial charge is 0.435 e. The molecule has 0 unspecified atom stereocenters. The zero-order valence-corrected chi connectivity index (χ0v) is 11.3. The van der Waals surface area contributed by atoms with Gasteiger partial charge in [-0.2, -0.15) is 8.78 Å². The predicted octanol–water partition coefficient (Wildman–Crippen LogP) is 3.92. The Labute approximate surface area is 117 Å². The van der Waals surface area contributed by atoms with E-state index in [0.717, 1.165) is 18.7 Å². The molecule has 0 fully saturated rings. The van der Waals surface area contributed by atoms with Crippen molar-refractivity contribution in [3.8, 4) is 5.75 Å². The SMILES string of the molecule is CN(Cc1ccccc1)Cc1ccc(OC(F)F)cc1. The van der Waals surface area contributed by atoms with Crippen molar-refractivity contribution in [2.24, 2.45) is 0 Å². The van der Waals surface area contributed by atoms with Crippen molar-refractivity contribution in [1.82, 2.24) is 4.90 Å². The maximum Gasteiger partial charge on any atom is 0.387 e. The van der Waals surface area contributed by atoms with E-state index in [1.807, 2.05) is 25.2 Å². The molecule has 106 valence electrons. The summed E-state index contributed by atoms with van der Waals surface area (Å²) in [7, 11) is 2.02. The Morgan fingerprint density at radius 1 is 0.900 bits per heavy atom. The molecule has 0 aromatic heterocycles. The highest BCUT2D eigenvalue weighted by Gasteiger charge is 2.05. The van der Waals surface area contributed by atoms with Crippen LogP contribution >= 0.6 is 0 Å². The first-order chi connectivity index (χ1) is 9.63. The summed E-state index contributed by atoms with van der Waals surface area (Å²) in [6, 6.07) is 16.9. The smallest absolute Gasteiger partial charge is 0.387 e. The minimum Gasteiger partial charge on any atom is -0.435 e. The van der Waals surface area contributed by atoms with Crippen molar-refractivity contribution in [2.75, 3.05) is 7.05 Å². The second-order valence-electron chi connectivity index (χ2n) is 4.68. The molecule has 0 aliphatic rings. The van der Waals surface area contributed by atoms with E-state index in [9.17, 15) is 8.78 Å². The van der Waals surface area contributed by atoms with Gasteiger partial charge in [0.15, 0.2) is 0 Å². The van der Waals surface area contributed by atoms with Gasteiger partial charge >= 0.3 is 6.61 Å². The van der Waals surface area contributed by atoms with E-state index in [1.54, 1.807) is 24.3 Å². The van der Waals surface area contributed by atoms with Gasteiger partial charge in [0.2, 0.25) is 0 Å². The summed E-state index contributed by atoms with van der Waals surface area (Å²) in [5.41, 5.74) is 2.30. The molecular weight excluding hydrogens is 260 g/mol. The highest BCUT2D eigenvalue weighted by molar-refractivity contribution is 5.27. The minimum atomic E-state index is -2.78. The third kappa shape index (κ3) is 4.63. The van der Waals surface area contributed by atoms with Crippen molar-refractivity contribution < 1.29 is 13.5 Å². The molecule has 0 aliphatic carbocycles. The summed E-state index contributed by atoms with van der Waals surface area (Å²) < 4.78 is 28.4. The fourth-order valence-corrected chi connectivity index (χ4v) is 2.04. The lowest BCUT2D eigenvalue weighted by Gasteiger charge is -2.17. The number of halogens is 2. The first-order valence-electron chi connectivity index (χ1n) is 6.40. The quantitative estimate of drug-likeness (QED) is 0.793. The van der Waals surface area contributed by atoms with Crippen molar-refractivity contribution >= 4 is 0 Å². The Balaban J connectivity index is 1.89.